The number of anilines is 1. The highest BCUT2D eigenvalue weighted by atomic mass is 35.5. The lowest BCUT2D eigenvalue weighted by Gasteiger charge is -2.18. The normalized spacial score (nSPS) is 13.7. The average molecular weight is 388 g/mol. The molecule has 0 atom stereocenters. The highest BCUT2D eigenvalue weighted by Gasteiger charge is 2.15. The van der Waals surface area contributed by atoms with Crippen molar-refractivity contribution in [3.63, 3.8) is 0 Å². The molecule has 0 unspecified atom stereocenters. The fraction of sp³-hybridized carbons (Fsp3) is 0.353. The van der Waals surface area contributed by atoms with E-state index in [4.69, 9.17) is 10.1 Å². The number of amidine groups is 1. The van der Waals surface area contributed by atoms with Gasteiger partial charge < -0.3 is 10.1 Å². The van der Waals surface area contributed by atoms with Crippen molar-refractivity contribution in [2.75, 3.05) is 25.5 Å². The molecule has 2 aromatic rings. The maximum atomic E-state index is 8.13. The van der Waals surface area contributed by atoms with Crippen LogP contribution in [0.15, 0.2) is 35.7 Å². The molecule has 0 radical (unpaired) electrons. The number of methoxy groups -OCH3 is 1. The zero-order valence-corrected chi connectivity index (χ0v) is 16.0. The molecule has 0 bridgehead atoms. The van der Waals surface area contributed by atoms with E-state index < -0.39 is 0 Å². The Balaban J connectivity index is 0.00000144. The molecule has 0 amide bonds. The van der Waals surface area contributed by atoms with Crippen LogP contribution >= 0.6 is 36.2 Å². The Hall–Kier alpha value is -1.27. The topological polar surface area (TPSA) is 48.4 Å². The van der Waals surface area contributed by atoms with Crippen LogP contribution in [0.25, 0.3) is 0 Å². The maximum Gasteiger partial charge on any atom is 0.140 e. The smallest absolute Gasteiger partial charge is 0.140 e. The molecule has 1 aliphatic heterocycles. The summed E-state index contributed by atoms with van der Waals surface area (Å²) in [6.07, 6.45) is 2.56. The fourth-order valence-electron chi connectivity index (χ4n) is 2.79. The molecule has 0 aliphatic carbocycles. The van der Waals surface area contributed by atoms with Crippen LogP contribution in [-0.2, 0) is 6.54 Å². The van der Waals surface area contributed by atoms with Crippen LogP contribution < -0.4 is 10.1 Å². The van der Waals surface area contributed by atoms with Crippen molar-refractivity contribution >= 4 is 47.7 Å². The van der Waals surface area contributed by atoms with Gasteiger partial charge in [-0.2, -0.15) is 0 Å². The molecule has 1 aromatic carbocycles. The SMILES string of the molecule is COc1ccc(NC(=N)c2cccs2)cc1CN1CCCC1.Cl.Cl. The summed E-state index contributed by atoms with van der Waals surface area (Å²) < 4.78 is 5.48. The highest BCUT2D eigenvalue weighted by molar-refractivity contribution is 7.12. The van der Waals surface area contributed by atoms with Crippen LogP contribution in [0.3, 0.4) is 0 Å². The average Bonchev–Trinajstić information content (AvgIpc) is 3.21. The van der Waals surface area contributed by atoms with E-state index in [1.54, 1.807) is 18.4 Å². The zero-order chi connectivity index (χ0) is 15.4. The molecule has 132 valence electrons. The van der Waals surface area contributed by atoms with Gasteiger partial charge in [0.2, 0.25) is 0 Å². The molecular formula is C17H23Cl2N3OS. The standard InChI is InChI=1S/C17H21N3OS.2ClH/c1-21-15-7-6-14(19-17(18)16-5-4-10-22-16)11-13(15)12-20-8-2-3-9-20;;/h4-7,10-11H,2-3,8-9,12H2,1H3,(H2,18,19);2*1H. The Bertz CT molecular complexity index is 643. The van der Waals surface area contributed by atoms with Crippen LogP contribution in [-0.4, -0.2) is 30.9 Å². The molecule has 0 saturated carbocycles. The van der Waals surface area contributed by atoms with Crippen molar-refractivity contribution in [3.05, 3.63) is 46.2 Å². The van der Waals surface area contributed by atoms with Gasteiger partial charge in [0.25, 0.3) is 0 Å². The number of hydrogen-bond donors (Lipinski definition) is 2. The van der Waals surface area contributed by atoms with Gasteiger partial charge in [-0.1, -0.05) is 6.07 Å². The molecule has 2 N–H and O–H groups in total. The van der Waals surface area contributed by atoms with Gasteiger partial charge in [0.05, 0.1) is 12.0 Å². The molecule has 0 spiro atoms. The zero-order valence-electron chi connectivity index (χ0n) is 13.6. The van der Waals surface area contributed by atoms with Gasteiger partial charge in [-0.15, -0.1) is 36.2 Å². The van der Waals surface area contributed by atoms with Crippen molar-refractivity contribution in [2.45, 2.75) is 19.4 Å². The first-order valence-corrected chi connectivity index (χ1v) is 8.43. The van der Waals surface area contributed by atoms with Gasteiger partial charge in [-0.25, -0.2) is 0 Å². The summed E-state index contributed by atoms with van der Waals surface area (Å²) in [6, 6.07) is 9.96. The van der Waals surface area contributed by atoms with E-state index in [0.29, 0.717) is 5.84 Å². The molecular weight excluding hydrogens is 365 g/mol. The molecule has 1 aromatic heterocycles. The first-order chi connectivity index (χ1) is 10.8. The van der Waals surface area contributed by atoms with E-state index in [-0.39, 0.29) is 24.8 Å². The number of halogens is 2. The van der Waals surface area contributed by atoms with Crippen LogP contribution in [0.2, 0.25) is 0 Å². The lowest BCUT2D eigenvalue weighted by molar-refractivity contribution is 0.321. The summed E-state index contributed by atoms with van der Waals surface area (Å²) in [5.74, 6) is 1.35. The predicted molar refractivity (Wildman–Crippen MR) is 107 cm³/mol. The number of thiophene rings is 1. The van der Waals surface area contributed by atoms with Crippen LogP contribution in [0.1, 0.15) is 23.3 Å². The Kier molecular flexibility index (Phi) is 8.56. The minimum Gasteiger partial charge on any atom is -0.496 e. The van der Waals surface area contributed by atoms with E-state index in [1.807, 2.05) is 29.6 Å². The van der Waals surface area contributed by atoms with Crippen molar-refractivity contribution < 1.29 is 4.74 Å². The molecule has 24 heavy (non-hydrogen) atoms. The number of hydrogen-bond acceptors (Lipinski definition) is 4. The third-order valence-corrected chi connectivity index (χ3v) is 4.80. The van der Waals surface area contributed by atoms with E-state index in [9.17, 15) is 0 Å². The minimum absolute atomic E-state index is 0. The second kappa shape index (κ2) is 9.89. The Morgan fingerprint density at radius 3 is 2.62 bits per heavy atom. The first-order valence-electron chi connectivity index (χ1n) is 7.55. The number of nitrogens with one attached hydrogen (secondary N) is 2. The molecule has 1 saturated heterocycles. The molecule has 4 nitrogen and oxygen atoms in total. The predicted octanol–water partition coefficient (Wildman–Crippen LogP) is 4.63. The molecule has 2 heterocycles. The third-order valence-electron chi connectivity index (χ3n) is 3.91. The summed E-state index contributed by atoms with van der Waals surface area (Å²) in [6.45, 7) is 3.22. The molecule has 1 aliphatic rings. The van der Waals surface area contributed by atoms with Gasteiger partial charge in [-0.3, -0.25) is 10.3 Å². The number of rotatable bonds is 5. The van der Waals surface area contributed by atoms with Gasteiger partial charge in [0.15, 0.2) is 0 Å². The summed E-state index contributed by atoms with van der Waals surface area (Å²) in [4.78, 5) is 3.39. The van der Waals surface area contributed by atoms with Gasteiger partial charge in [0.1, 0.15) is 11.6 Å². The Labute approximate surface area is 159 Å². The molecule has 1 fully saturated rings. The van der Waals surface area contributed by atoms with Crippen LogP contribution in [0.4, 0.5) is 5.69 Å². The van der Waals surface area contributed by atoms with Crippen LogP contribution in [0.5, 0.6) is 5.75 Å². The lowest BCUT2D eigenvalue weighted by atomic mass is 10.1. The largest absolute Gasteiger partial charge is 0.496 e. The summed E-state index contributed by atoms with van der Waals surface area (Å²) in [5, 5.41) is 13.3. The maximum absolute atomic E-state index is 8.13. The first kappa shape index (κ1) is 20.8. The van der Waals surface area contributed by atoms with Gasteiger partial charge in [-0.05, 0) is 55.6 Å². The van der Waals surface area contributed by atoms with E-state index in [2.05, 4.69) is 16.3 Å². The third kappa shape index (κ3) is 5.11. The lowest BCUT2D eigenvalue weighted by Crippen LogP contribution is -2.19. The van der Waals surface area contributed by atoms with E-state index in [0.717, 1.165) is 35.9 Å². The molecule has 3 rings (SSSR count). The summed E-state index contributed by atoms with van der Waals surface area (Å²) >= 11 is 1.57. The van der Waals surface area contributed by atoms with Crippen LogP contribution in [0, 0.1) is 5.41 Å². The van der Waals surface area contributed by atoms with Gasteiger partial charge in [0, 0.05) is 17.8 Å². The van der Waals surface area contributed by atoms with Crippen molar-refractivity contribution in [1.29, 1.82) is 5.41 Å². The second-order valence-corrected chi connectivity index (χ2v) is 6.43. The number of nitrogens with zero attached hydrogens (tertiary/aromatic N) is 1. The monoisotopic (exact) mass is 387 g/mol. The quantitative estimate of drug-likeness (QED) is 0.580. The highest BCUT2D eigenvalue weighted by Crippen LogP contribution is 2.26. The number of benzene rings is 1. The fourth-order valence-corrected chi connectivity index (χ4v) is 3.42. The number of ether oxygens (including phenoxy) is 1. The number of likely N-dealkylation sites (tertiary alicyclic amines) is 1. The molecule has 7 heteroatoms. The van der Waals surface area contributed by atoms with Gasteiger partial charge >= 0.3 is 0 Å². The van der Waals surface area contributed by atoms with Crippen molar-refractivity contribution in [2.24, 2.45) is 0 Å². The minimum atomic E-state index is 0. The Morgan fingerprint density at radius 2 is 2.00 bits per heavy atom. The van der Waals surface area contributed by atoms with E-state index in [1.165, 1.54) is 18.4 Å². The summed E-state index contributed by atoms with van der Waals surface area (Å²) in [7, 11) is 1.71. The van der Waals surface area contributed by atoms with Crippen molar-refractivity contribution in [1.82, 2.24) is 4.90 Å². The summed E-state index contributed by atoms with van der Waals surface area (Å²) in [5.41, 5.74) is 2.11. The Morgan fingerprint density at radius 1 is 1.25 bits per heavy atom. The second-order valence-electron chi connectivity index (χ2n) is 5.49. The van der Waals surface area contributed by atoms with E-state index >= 15 is 0 Å². The van der Waals surface area contributed by atoms with Crippen molar-refractivity contribution in [3.8, 4) is 5.75 Å².